The van der Waals surface area contributed by atoms with Gasteiger partial charge in [0.05, 0.1) is 4.47 Å². The minimum absolute atomic E-state index is 0.139. The molecule has 20 heavy (non-hydrogen) atoms. The minimum atomic E-state index is -0.808. The molecule has 0 saturated heterocycles. The Labute approximate surface area is 125 Å². The van der Waals surface area contributed by atoms with Crippen LogP contribution < -0.4 is 5.32 Å². The van der Waals surface area contributed by atoms with E-state index < -0.39 is 11.8 Å². The fraction of sp³-hybridized carbons (Fsp3) is 0.429. The highest BCUT2D eigenvalue weighted by Crippen LogP contribution is 2.17. The zero-order valence-corrected chi connectivity index (χ0v) is 12.7. The van der Waals surface area contributed by atoms with Crippen LogP contribution in [0.4, 0.5) is 4.39 Å². The lowest BCUT2D eigenvalue weighted by Gasteiger charge is -2.11. The number of halogens is 2. The minimum Gasteiger partial charge on any atom is -0.481 e. The van der Waals surface area contributed by atoms with E-state index in [0.29, 0.717) is 24.9 Å². The second kappa shape index (κ2) is 7.99. The summed E-state index contributed by atoms with van der Waals surface area (Å²) in [5.41, 5.74) is 0.386. The van der Waals surface area contributed by atoms with Gasteiger partial charge in [-0.3, -0.25) is 9.59 Å². The molecule has 110 valence electrons. The molecule has 0 radical (unpaired) electrons. The van der Waals surface area contributed by atoms with Crippen molar-refractivity contribution >= 4 is 27.8 Å². The molecule has 6 heteroatoms. The predicted molar refractivity (Wildman–Crippen MR) is 77.1 cm³/mol. The topological polar surface area (TPSA) is 66.4 Å². The summed E-state index contributed by atoms with van der Waals surface area (Å²) in [6.45, 7) is 2.41. The largest absolute Gasteiger partial charge is 0.481 e. The average Bonchev–Trinajstić information content (AvgIpc) is 2.39. The van der Waals surface area contributed by atoms with Crippen LogP contribution >= 0.6 is 15.9 Å². The fourth-order valence-corrected chi connectivity index (χ4v) is 2.06. The maximum Gasteiger partial charge on any atom is 0.303 e. The molecule has 2 N–H and O–H groups in total. The van der Waals surface area contributed by atoms with E-state index in [1.54, 1.807) is 0 Å². The summed E-state index contributed by atoms with van der Waals surface area (Å²) < 4.78 is 13.3. The number of carboxylic acid groups (broad SMARTS) is 1. The number of hydrogen-bond donors (Lipinski definition) is 2. The van der Waals surface area contributed by atoms with E-state index in [1.807, 2.05) is 6.92 Å². The molecule has 4 nitrogen and oxygen atoms in total. The molecule has 1 aromatic carbocycles. The van der Waals surface area contributed by atoms with Crippen molar-refractivity contribution < 1.29 is 19.1 Å². The Bertz CT molecular complexity index is 493. The van der Waals surface area contributed by atoms with Crippen molar-refractivity contribution in [2.24, 2.45) is 5.92 Å². The first-order valence-corrected chi connectivity index (χ1v) is 7.14. The summed E-state index contributed by atoms with van der Waals surface area (Å²) in [6.07, 6.45) is 1.44. The molecule has 1 aromatic rings. The van der Waals surface area contributed by atoms with Crippen molar-refractivity contribution in [2.45, 2.75) is 26.2 Å². The van der Waals surface area contributed by atoms with Crippen LogP contribution in [-0.4, -0.2) is 23.5 Å². The van der Waals surface area contributed by atoms with Crippen molar-refractivity contribution in [1.82, 2.24) is 5.32 Å². The van der Waals surface area contributed by atoms with Gasteiger partial charge in [0.15, 0.2) is 0 Å². The smallest absolute Gasteiger partial charge is 0.303 e. The lowest BCUT2D eigenvalue weighted by Crippen LogP contribution is -2.25. The number of rotatable bonds is 7. The van der Waals surface area contributed by atoms with Gasteiger partial charge in [-0.2, -0.15) is 0 Å². The highest BCUT2D eigenvalue weighted by Gasteiger charge is 2.09. The second-order valence-electron chi connectivity index (χ2n) is 4.71. The molecule has 0 aromatic heterocycles. The average molecular weight is 346 g/mol. The van der Waals surface area contributed by atoms with Crippen molar-refractivity contribution in [1.29, 1.82) is 0 Å². The quantitative estimate of drug-likeness (QED) is 0.797. The molecule has 0 aliphatic heterocycles. The Morgan fingerprint density at radius 2 is 2.10 bits per heavy atom. The zero-order valence-electron chi connectivity index (χ0n) is 11.2. The maximum atomic E-state index is 13.0. The molecule has 0 aliphatic carbocycles. The lowest BCUT2D eigenvalue weighted by atomic mass is 10.0. The van der Waals surface area contributed by atoms with Gasteiger partial charge in [0, 0.05) is 18.5 Å². The number of aliphatic carboxylic acids is 1. The Morgan fingerprint density at radius 3 is 2.70 bits per heavy atom. The summed E-state index contributed by atoms with van der Waals surface area (Å²) in [7, 11) is 0. The van der Waals surface area contributed by atoms with Crippen molar-refractivity contribution in [2.75, 3.05) is 6.54 Å². The van der Waals surface area contributed by atoms with Crippen LogP contribution in [0.2, 0.25) is 0 Å². The molecule has 1 atom stereocenters. The van der Waals surface area contributed by atoms with E-state index in [2.05, 4.69) is 21.2 Å². The second-order valence-corrected chi connectivity index (χ2v) is 5.57. The van der Waals surface area contributed by atoms with E-state index in [0.717, 1.165) is 0 Å². The number of benzene rings is 1. The van der Waals surface area contributed by atoms with Crippen LogP contribution in [0.1, 0.15) is 36.5 Å². The molecule has 1 rings (SSSR count). The van der Waals surface area contributed by atoms with Gasteiger partial charge in [-0.15, -0.1) is 0 Å². The molecule has 0 saturated carbocycles. The SMILES string of the molecule is CC(CCNC(=O)c1ccc(F)c(Br)c1)CCC(=O)O. The number of carbonyl (C=O) groups excluding carboxylic acids is 1. The third kappa shape index (κ3) is 5.69. The highest BCUT2D eigenvalue weighted by atomic mass is 79.9. The van der Waals surface area contributed by atoms with Gasteiger partial charge in [-0.05, 0) is 52.9 Å². The van der Waals surface area contributed by atoms with Crippen molar-refractivity contribution in [3.05, 3.63) is 34.1 Å². The first-order chi connectivity index (χ1) is 9.40. The molecule has 0 bridgehead atoms. The number of amides is 1. The Hall–Kier alpha value is -1.43. The molecule has 1 amide bonds. The van der Waals surface area contributed by atoms with E-state index >= 15 is 0 Å². The summed E-state index contributed by atoms with van der Waals surface area (Å²) in [6, 6.07) is 4.08. The van der Waals surface area contributed by atoms with Crippen LogP contribution in [0.25, 0.3) is 0 Å². The first kappa shape index (κ1) is 16.6. The van der Waals surface area contributed by atoms with Crippen molar-refractivity contribution in [3.63, 3.8) is 0 Å². The predicted octanol–water partition coefficient (Wildman–Crippen LogP) is 3.21. The molecule has 0 fully saturated rings. The van der Waals surface area contributed by atoms with Gasteiger partial charge in [0.1, 0.15) is 5.82 Å². The van der Waals surface area contributed by atoms with Gasteiger partial charge in [-0.25, -0.2) is 4.39 Å². The summed E-state index contributed by atoms with van der Waals surface area (Å²) >= 11 is 3.03. The highest BCUT2D eigenvalue weighted by molar-refractivity contribution is 9.10. The van der Waals surface area contributed by atoms with Gasteiger partial charge in [0.2, 0.25) is 0 Å². The Kier molecular flexibility index (Phi) is 6.64. The number of carbonyl (C=O) groups is 2. The number of carboxylic acids is 1. The van der Waals surface area contributed by atoms with Gasteiger partial charge >= 0.3 is 5.97 Å². The zero-order chi connectivity index (χ0) is 15.1. The van der Waals surface area contributed by atoms with Crippen LogP contribution in [0, 0.1) is 11.7 Å². The van der Waals surface area contributed by atoms with E-state index in [9.17, 15) is 14.0 Å². The van der Waals surface area contributed by atoms with Crippen LogP contribution in [0.5, 0.6) is 0 Å². The van der Waals surface area contributed by atoms with E-state index in [1.165, 1.54) is 18.2 Å². The van der Waals surface area contributed by atoms with Crippen molar-refractivity contribution in [3.8, 4) is 0 Å². The Morgan fingerprint density at radius 1 is 1.40 bits per heavy atom. The molecular formula is C14H17BrFNO3. The van der Waals surface area contributed by atoms with Gasteiger partial charge in [0.25, 0.3) is 5.91 Å². The normalized spacial score (nSPS) is 11.9. The maximum absolute atomic E-state index is 13.0. The molecule has 0 heterocycles. The van der Waals surface area contributed by atoms with Crippen LogP contribution in [0.15, 0.2) is 22.7 Å². The summed E-state index contributed by atoms with van der Waals surface area (Å²) in [5, 5.41) is 11.3. The van der Waals surface area contributed by atoms with Gasteiger partial charge < -0.3 is 10.4 Å². The third-order valence-corrected chi connectivity index (χ3v) is 3.56. The Balaban J connectivity index is 2.36. The summed E-state index contributed by atoms with van der Waals surface area (Å²) in [5.74, 6) is -1.26. The number of nitrogens with one attached hydrogen (secondary N) is 1. The van der Waals surface area contributed by atoms with Gasteiger partial charge in [-0.1, -0.05) is 6.92 Å². The van der Waals surface area contributed by atoms with E-state index in [4.69, 9.17) is 5.11 Å². The summed E-state index contributed by atoms with van der Waals surface area (Å²) in [4.78, 5) is 22.2. The first-order valence-electron chi connectivity index (χ1n) is 6.35. The molecule has 0 spiro atoms. The standard InChI is InChI=1S/C14H17BrFNO3/c1-9(2-5-13(18)19)6-7-17-14(20)10-3-4-12(16)11(15)8-10/h3-4,8-9H,2,5-7H2,1H3,(H,17,20)(H,18,19). The van der Waals surface area contributed by atoms with E-state index in [-0.39, 0.29) is 22.7 Å². The number of hydrogen-bond acceptors (Lipinski definition) is 2. The monoisotopic (exact) mass is 345 g/mol. The molecule has 1 unspecified atom stereocenters. The fourth-order valence-electron chi connectivity index (χ4n) is 1.69. The third-order valence-electron chi connectivity index (χ3n) is 2.96. The molecular weight excluding hydrogens is 329 g/mol. The lowest BCUT2D eigenvalue weighted by molar-refractivity contribution is -0.137. The van der Waals surface area contributed by atoms with Crippen LogP contribution in [0.3, 0.4) is 0 Å². The van der Waals surface area contributed by atoms with Crippen LogP contribution in [-0.2, 0) is 4.79 Å². The molecule has 0 aliphatic rings.